The van der Waals surface area contributed by atoms with E-state index >= 15 is 0 Å². The predicted molar refractivity (Wildman–Crippen MR) is 103 cm³/mol. The Morgan fingerprint density at radius 1 is 1.32 bits per heavy atom. The monoisotopic (exact) mass is 378 g/mol. The van der Waals surface area contributed by atoms with E-state index in [1.54, 1.807) is 12.1 Å². The number of imidazole rings is 1. The van der Waals surface area contributed by atoms with Gasteiger partial charge in [-0.25, -0.2) is 4.98 Å². The number of hydrogen-bond acceptors (Lipinski definition) is 5. The number of carbonyl (C=O) groups is 2. The summed E-state index contributed by atoms with van der Waals surface area (Å²) in [5, 5.41) is 18.0. The Labute approximate surface area is 163 Å². The third kappa shape index (κ3) is 4.52. The normalized spacial score (nSPS) is 15.5. The maximum atomic E-state index is 12.6. The lowest BCUT2D eigenvalue weighted by Gasteiger charge is -2.29. The first-order valence-corrected chi connectivity index (χ1v) is 9.16. The molecular formula is C21H22N4O3. The zero-order chi connectivity index (χ0) is 20.3. The third-order valence-electron chi connectivity index (χ3n) is 4.96. The van der Waals surface area contributed by atoms with E-state index < -0.39 is 5.97 Å². The molecule has 1 aliphatic carbocycles. The van der Waals surface area contributed by atoms with Crippen molar-refractivity contribution in [2.75, 3.05) is 0 Å². The minimum Gasteiger partial charge on any atom is -0.481 e. The van der Waals surface area contributed by atoms with E-state index in [1.165, 1.54) is 6.20 Å². The van der Waals surface area contributed by atoms with Crippen LogP contribution in [0.15, 0.2) is 24.4 Å². The summed E-state index contributed by atoms with van der Waals surface area (Å²) in [7, 11) is 0. The molecule has 0 spiro atoms. The van der Waals surface area contributed by atoms with Gasteiger partial charge in [-0.1, -0.05) is 26.0 Å². The summed E-state index contributed by atoms with van der Waals surface area (Å²) < 4.78 is 0. The van der Waals surface area contributed by atoms with E-state index in [0.717, 1.165) is 30.4 Å². The number of aromatic nitrogens is 3. The molecule has 2 aromatic heterocycles. The van der Waals surface area contributed by atoms with Crippen LogP contribution in [-0.4, -0.2) is 31.8 Å². The molecule has 2 aromatic rings. The van der Waals surface area contributed by atoms with Crippen LogP contribution < -0.4 is 0 Å². The number of nitrogens with zero attached hydrogens (tertiary/aromatic N) is 3. The van der Waals surface area contributed by atoms with Gasteiger partial charge in [0.1, 0.15) is 11.8 Å². The minimum absolute atomic E-state index is 0.0782. The quantitative estimate of drug-likeness (QED) is 0.744. The van der Waals surface area contributed by atoms with Crippen LogP contribution in [0.3, 0.4) is 0 Å². The molecular weight excluding hydrogens is 356 g/mol. The van der Waals surface area contributed by atoms with Crippen LogP contribution in [0.1, 0.15) is 66.4 Å². The fraction of sp³-hybridized carbons (Fsp3) is 0.381. The van der Waals surface area contributed by atoms with Crippen molar-refractivity contribution < 1.29 is 14.7 Å². The van der Waals surface area contributed by atoms with Gasteiger partial charge in [-0.15, -0.1) is 0 Å². The summed E-state index contributed by atoms with van der Waals surface area (Å²) >= 11 is 0. The number of Topliss-reactive ketones (excluding diaryl/α,β-unsaturated/α-hetero) is 1. The van der Waals surface area contributed by atoms with Crippen molar-refractivity contribution in [2.45, 2.75) is 46.0 Å². The lowest BCUT2D eigenvalue weighted by Crippen LogP contribution is -2.16. The van der Waals surface area contributed by atoms with Crippen LogP contribution >= 0.6 is 0 Å². The molecule has 0 saturated carbocycles. The summed E-state index contributed by atoms with van der Waals surface area (Å²) in [4.78, 5) is 34.9. The molecule has 0 fully saturated rings. The van der Waals surface area contributed by atoms with Gasteiger partial charge in [0.05, 0.1) is 24.0 Å². The van der Waals surface area contributed by atoms with Crippen molar-refractivity contribution in [1.29, 1.82) is 5.26 Å². The van der Waals surface area contributed by atoms with Crippen molar-refractivity contribution in [1.82, 2.24) is 15.0 Å². The summed E-state index contributed by atoms with van der Waals surface area (Å²) in [5.74, 6) is -1.05. The molecule has 3 rings (SSSR count). The second kappa shape index (κ2) is 7.77. The second-order valence-electron chi connectivity index (χ2n) is 7.84. The first kappa shape index (κ1) is 19.5. The topological polar surface area (TPSA) is 120 Å². The number of allylic oxidation sites excluding steroid dienone is 2. The smallest absolute Gasteiger partial charge is 0.309 e. The summed E-state index contributed by atoms with van der Waals surface area (Å²) in [5.41, 5.74) is 3.39. The maximum Gasteiger partial charge on any atom is 0.309 e. The van der Waals surface area contributed by atoms with E-state index in [2.05, 4.69) is 34.9 Å². The Balaban J connectivity index is 1.93. The molecule has 0 aliphatic heterocycles. The number of nitriles is 1. The predicted octanol–water partition coefficient (Wildman–Crippen LogP) is 3.32. The minimum atomic E-state index is -0.944. The highest BCUT2D eigenvalue weighted by Gasteiger charge is 2.25. The first-order chi connectivity index (χ1) is 13.3. The van der Waals surface area contributed by atoms with Crippen molar-refractivity contribution in [3.8, 4) is 6.07 Å². The van der Waals surface area contributed by atoms with Crippen LogP contribution in [0.25, 0.3) is 5.57 Å². The molecule has 0 saturated heterocycles. The zero-order valence-electron chi connectivity index (χ0n) is 16.0. The Kier molecular flexibility index (Phi) is 5.41. The van der Waals surface area contributed by atoms with Crippen LogP contribution in [0.5, 0.6) is 0 Å². The number of hydrogen-bond donors (Lipinski definition) is 2. The Hall–Kier alpha value is -3.27. The number of nitrogens with one attached hydrogen (secondary N) is 1. The van der Waals surface area contributed by atoms with Gasteiger partial charge in [-0.3, -0.25) is 14.6 Å². The van der Waals surface area contributed by atoms with Crippen LogP contribution in [-0.2, 0) is 17.6 Å². The SMILES string of the molecule is CC1(C)CC=C(c2nc(CC(=O)O)ccc2CC(=O)c2ncc(C#N)[nH]2)CC1. The van der Waals surface area contributed by atoms with E-state index in [9.17, 15) is 9.59 Å². The standard InChI is InChI=1S/C21H22N4O3/c1-21(2)7-5-13(6-8-21)19-14(3-4-15(24-19)10-18(27)28)9-17(26)20-23-12-16(11-22)25-20/h3-5,12H,6-10H2,1-2H3,(H,23,25)(H,27,28). The molecule has 7 nitrogen and oxygen atoms in total. The zero-order valence-corrected chi connectivity index (χ0v) is 16.0. The van der Waals surface area contributed by atoms with Crippen molar-refractivity contribution in [3.05, 3.63) is 52.9 Å². The third-order valence-corrected chi connectivity index (χ3v) is 4.96. The summed E-state index contributed by atoms with van der Waals surface area (Å²) in [6.45, 7) is 4.42. The molecule has 0 unspecified atom stereocenters. The first-order valence-electron chi connectivity index (χ1n) is 9.16. The highest BCUT2D eigenvalue weighted by molar-refractivity contribution is 5.95. The number of ketones is 1. The fourth-order valence-corrected chi connectivity index (χ4v) is 3.27. The fourth-order valence-electron chi connectivity index (χ4n) is 3.27. The van der Waals surface area contributed by atoms with E-state index in [-0.39, 0.29) is 35.6 Å². The van der Waals surface area contributed by atoms with E-state index in [0.29, 0.717) is 11.4 Å². The lowest BCUT2D eigenvalue weighted by atomic mass is 9.77. The molecule has 0 amide bonds. The Morgan fingerprint density at radius 3 is 2.71 bits per heavy atom. The van der Waals surface area contributed by atoms with Gasteiger partial charge in [0.15, 0.2) is 5.82 Å². The average molecular weight is 378 g/mol. The van der Waals surface area contributed by atoms with Gasteiger partial charge < -0.3 is 10.1 Å². The van der Waals surface area contributed by atoms with Crippen LogP contribution in [0.4, 0.5) is 0 Å². The summed E-state index contributed by atoms with van der Waals surface area (Å²) in [6.07, 6.45) is 6.12. The molecule has 0 atom stereocenters. The number of rotatable bonds is 6. The number of carbonyl (C=O) groups excluding carboxylic acids is 1. The largest absolute Gasteiger partial charge is 0.481 e. The maximum absolute atomic E-state index is 12.6. The average Bonchev–Trinajstić information content (AvgIpc) is 3.12. The Bertz CT molecular complexity index is 995. The van der Waals surface area contributed by atoms with Crippen molar-refractivity contribution in [3.63, 3.8) is 0 Å². The van der Waals surface area contributed by atoms with Gasteiger partial charge in [-0.05, 0) is 41.9 Å². The summed E-state index contributed by atoms with van der Waals surface area (Å²) in [6, 6.07) is 5.34. The van der Waals surface area contributed by atoms with E-state index in [1.807, 2.05) is 6.07 Å². The number of carboxylic acids is 1. The van der Waals surface area contributed by atoms with Gasteiger partial charge in [-0.2, -0.15) is 5.26 Å². The van der Waals surface area contributed by atoms with Crippen molar-refractivity contribution >= 4 is 17.3 Å². The lowest BCUT2D eigenvalue weighted by molar-refractivity contribution is -0.136. The molecule has 0 bridgehead atoms. The van der Waals surface area contributed by atoms with Gasteiger partial charge in [0, 0.05) is 6.42 Å². The number of H-pyrrole nitrogens is 1. The van der Waals surface area contributed by atoms with E-state index in [4.69, 9.17) is 10.4 Å². The molecule has 28 heavy (non-hydrogen) atoms. The molecule has 2 heterocycles. The molecule has 0 radical (unpaired) electrons. The highest BCUT2D eigenvalue weighted by Crippen LogP contribution is 2.38. The molecule has 144 valence electrons. The highest BCUT2D eigenvalue weighted by atomic mass is 16.4. The molecule has 7 heteroatoms. The second-order valence-corrected chi connectivity index (χ2v) is 7.84. The number of pyridine rings is 1. The number of aliphatic carboxylic acids is 1. The molecule has 2 N–H and O–H groups in total. The number of carboxylic acid groups (broad SMARTS) is 1. The Morgan fingerprint density at radius 2 is 2.11 bits per heavy atom. The molecule has 0 aromatic carbocycles. The van der Waals surface area contributed by atoms with Gasteiger partial charge in [0.2, 0.25) is 5.78 Å². The van der Waals surface area contributed by atoms with Gasteiger partial charge >= 0.3 is 5.97 Å². The van der Waals surface area contributed by atoms with Crippen LogP contribution in [0.2, 0.25) is 0 Å². The molecule has 1 aliphatic rings. The number of aromatic amines is 1. The van der Waals surface area contributed by atoms with Crippen LogP contribution in [0, 0.1) is 16.7 Å². The van der Waals surface area contributed by atoms with Gasteiger partial charge in [0.25, 0.3) is 0 Å². The van der Waals surface area contributed by atoms with Crippen molar-refractivity contribution in [2.24, 2.45) is 5.41 Å².